The number of nitrogens with one attached hydrogen (secondary N) is 2. The molecule has 1 aromatic rings. The van der Waals surface area contributed by atoms with Gasteiger partial charge in [0, 0.05) is 24.7 Å². The van der Waals surface area contributed by atoms with Crippen LogP contribution in [0.4, 0.5) is 0 Å². The number of halogens is 1. The van der Waals surface area contributed by atoms with Crippen LogP contribution >= 0.6 is 11.6 Å². The zero-order chi connectivity index (χ0) is 17.1. The van der Waals surface area contributed by atoms with Gasteiger partial charge in [0.05, 0.1) is 5.70 Å². The monoisotopic (exact) mass is 334 g/mol. The molecule has 0 unspecified atom stereocenters. The Balaban J connectivity index is 0.000000313. The number of rotatable bonds is 5. The van der Waals surface area contributed by atoms with E-state index in [1.807, 2.05) is 37.4 Å². The SMILES string of the molecule is CCCCCC1=C(C)CC(=O)NC=C1NC.Clc1ccccc1. The molecule has 4 heteroatoms. The molecule has 0 radical (unpaired) electrons. The van der Waals surface area contributed by atoms with E-state index in [1.165, 1.54) is 30.4 Å². The van der Waals surface area contributed by atoms with Crippen molar-refractivity contribution in [2.24, 2.45) is 0 Å². The van der Waals surface area contributed by atoms with Crippen molar-refractivity contribution in [3.05, 3.63) is 58.4 Å². The van der Waals surface area contributed by atoms with E-state index in [-0.39, 0.29) is 5.91 Å². The van der Waals surface area contributed by atoms with E-state index in [2.05, 4.69) is 24.5 Å². The van der Waals surface area contributed by atoms with Crippen molar-refractivity contribution in [3.63, 3.8) is 0 Å². The summed E-state index contributed by atoms with van der Waals surface area (Å²) in [4.78, 5) is 11.4. The Morgan fingerprint density at radius 3 is 2.43 bits per heavy atom. The third-order valence-corrected chi connectivity index (χ3v) is 3.93. The lowest BCUT2D eigenvalue weighted by Gasteiger charge is -2.12. The van der Waals surface area contributed by atoms with E-state index >= 15 is 0 Å². The topological polar surface area (TPSA) is 41.1 Å². The second-order valence-corrected chi connectivity index (χ2v) is 6.00. The molecule has 2 rings (SSSR count). The molecule has 0 spiro atoms. The number of carbonyl (C=O) groups excluding carboxylic acids is 1. The first-order valence-electron chi connectivity index (χ1n) is 8.15. The third-order valence-electron chi connectivity index (χ3n) is 3.68. The smallest absolute Gasteiger partial charge is 0.228 e. The van der Waals surface area contributed by atoms with Crippen LogP contribution in [0.1, 0.15) is 46.0 Å². The summed E-state index contributed by atoms with van der Waals surface area (Å²) < 4.78 is 0. The van der Waals surface area contributed by atoms with Gasteiger partial charge in [-0.15, -0.1) is 0 Å². The number of hydrogen-bond donors (Lipinski definition) is 2. The zero-order valence-electron chi connectivity index (χ0n) is 14.3. The van der Waals surface area contributed by atoms with Crippen LogP contribution in [0.15, 0.2) is 53.4 Å². The van der Waals surface area contributed by atoms with Crippen molar-refractivity contribution in [1.29, 1.82) is 0 Å². The molecule has 2 N–H and O–H groups in total. The highest BCUT2D eigenvalue weighted by atomic mass is 35.5. The van der Waals surface area contributed by atoms with E-state index < -0.39 is 0 Å². The molecular weight excluding hydrogens is 308 g/mol. The normalized spacial score (nSPS) is 14.3. The van der Waals surface area contributed by atoms with Crippen LogP contribution < -0.4 is 10.6 Å². The molecule has 0 aromatic heterocycles. The van der Waals surface area contributed by atoms with Crippen molar-refractivity contribution >= 4 is 17.5 Å². The fourth-order valence-corrected chi connectivity index (χ4v) is 2.55. The zero-order valence-corrected chi connectivity index (χ0v) is 15.0. The van der Waals surface area contributed by atoms with Crippen LogP contribution in [-0.4, -0.2) is 13.0 Å². The molecule has 1 heterocycles. The van der Waals surface area contributed by atoms with Crippen LogP contribution in [0.25, 0.3) is 0 Å². The van der Waals surface area contributed by atoms with Crippen LogP contribution in [0.3, 0.4) is 0 Å². The molecule has 0 saturated heterocycles. The molecule has 0 fully saturated rings. The standard InChI is InChI=1S/C13H22N2O.C6H5Cl/c1-4-5-6-7-11-10(2)8-13(16)15-9-12(11)14-3;7-6-4-2-1-3-5-6/h9,14H,4-8H2,1-3H3,(H,15,16);1-5H. The van der Waals surface area contributed by atoms with E-state index in [4.69, 9.17) is 11.6 Å². The molecule has 0 bridgehead atoms. The molecule has 0 saturated carbocycles. The average molecular weight is 335 g/mol. The summed E-state index contributed by atoms with van der Waals surface area (Å²) >= 11 is 5.54. The number of benzene rings is 1. The minimum Gasteiger partial charge on any atom is -0.387 e. The summed E-state index contributed by atoms with van der Waals surface area (Å²) in [5.74, 6) is 0.0794. The van der Waals surface area contributed by atoms with Gasteiger partial charge in [0.1, 0.15) is 0 Å². The Bertz CT molecular complexity index is 550. The molecule has 0 atom stereocenters. The summed E-state index contributed by atoms with van der Waals surface area (Å²) in [7, 11) is 1.90. The molecule has 1 aliphatic heterocycles. The van der Waals surface area contributed by atoms with Gasteiger partial charge in [-0.2, -0.15) is 0 Å². The lowest BCUT2D eigenvalue weighted by atomic mass is 9.98. The predicted molar refractivity (Wildman–Crippen MR) is 98.2 cm³/mol. The molecule has 3 nitrogen and oxygen atoms in total. The van der Waals surface area contributed by atoms with Gasteiger partial charge in [0.2, 0.25) is 5.91 Å². The van der Waals surface area contributed by atoms with Crippen molar-refractivity contribution < 1.29 is 4.79 Å². The van der Waals surface area contributed by atoms with E-state index in [0.29, 0.717) is 6.42 Å². The minimum absolute atomic E-state index is 0.0794. The predicted octanol–water partition coefficient (Wildman–Crippen LogP) is 4.80. The number of amides is 1. The number of unbranched alkanes of at least 4 members (excludes halogenated alkanes) is 2. The summed E-state index contributed by atoms with van der Waals surface area (Å²) in [5, 5.41) is 6.75. The number of carbonyl (C=O) groups is 1. The maximum absolute atomic E-state index is 11.4. The highest BCUT2D eigenvalue weighted by Crippen LogP contribution is 2.23. The Hall–Kier alpha value is -1.74. The fraction of sp³-hybridized carbons (Fsp3) is 0.421. The van der Waals surface area contributed by atoms with Crippen molar-refractivity contribution in [3.8, 4) is 0 Å². The van der Waals surface area contributed by atoms with Crippen LogP contribution in [0.2, 0.25) is 5.02 Å². The van der Waals surface area contributed by atoms with E-state index in [9.17, 15) is 4.79 Å². The minimum atomic E-state index is 0.0794. The van der Waals surface area contributed by atoms with Gasteiger partial charge in [0.15, 0.2) is 0 Å². The number of likely N-dealkylation sites (N-methyl/N-ethyl adjacent to an activating group) is 1. The molecular formula is C19H27ClN2O. The molecule has 0 aliphatic carbocycles. The molecule has 1 aliphatic rings. The van der Waals surface area contributed by atoms with Gasteiger partial charge in [-0.25, -0.2) is 0 Å². The molecule has 1 aromatic carbocycles. The highest BCUT2D eigenvalue weighted by molar-refractivity contribution is 6.30. The van der Waals surface area contributed by atoms with Crippen LogP contribution in [0.5, 0.6) is 0 Å². The van der Waals surface area contributed by atoms with Gasteiger partial charge >= 0.3 is 0 Å². The Labute approximate surface area is 144 Å². The summed E-state index contributed by atoms with van der Waals surface area (Å²) in [6, 6.07) is 9.44. The Morgan fingerprint density at radius 2 is 1.91 bits per heavy atom. The van der Waals surface area contributed by atoms with Crippen LogP contribution in [-0.2, 0) is 4.79 Å². The van der Waals surface area contributed by atoms with E-state index in [0.717, 1.165) is 17.1 Å². The Morgan fingerprint density at radius 1 is 1.22 bits per heavy atom. The number of allylic oxidation sites excluding steroid dienone is 1. The average Bonchev–Trinajstić information content (AvgIpc) is 2.67. The van der Waals surface area contributed by atoms with Crippen molar-refractivity contribution in [2.45, 2.75) is 46.0 Å². The summed E-state index contributed by atoms with van der Waals surface area (Å²) in [6.07, 6.45) is 7.03. The first-order chi connectivity index (χ1) is 11.1. The second kappa shape index (κ2) is 10.9. The largest absolute Gasteiger partial charge is 0.387 e. The van der Waals surface area contributed by atoms with Crippen LogP contribution in [0, 0.1) is 0 Å². The lowest BCUT2D eigenvalue weighted by Crippen LogP contribution is -2.17. The van der Waals surface area contributed by atoms with Gasteiger partial charge in [0.25, 0.3) is 0 Å². The second-order valence-electron chi connectivity index (χ2n) is 5.56. The van der Waals surface area contributed by atoms with Gasteiger partial charge in [-0.05, 0) is 37.5 Å². The molecule has 126 valence electrons. The first-order valence-corrected chi connectivity index (χ1v) is 8.53. The molecule has 1 amide bonds. The number of hydrogen-bond acceptors (Lipinski definition) is 2. The van der Waals surface area contributed by atoms with Gasteiger partial charge in [-0.1, -0.05) is 55.1 Å². The van der Waals surface area contributed by atoms with E-state index in [1.54, 1.807) is 6.20 Å². The fourth-order valence-electron chi connectivity index (χ4n) is 2.41. The quantitative estimate of drug-likeness (QED) is 0.759. The maximum atomic E-state index is 11.4. The highest BCUT2D eigenvalue weighted by Gasteiger charge is 2.14. The van der Waals surface area contributed by atoms with Gasteiger partial charge in [-0.3, -0.25) is 4.79 Å². The molecule has 23 heavy (non-hydrogen) atoms. The maximum Gasteiger partial charge on any atom is 0.228 e. The lowest BCUT2D eigenvalue weighted by molar-refractivity contribution is -0.119. The van der Waals surface area contributed by atoms with Crippen molar-refractivity contribution in [2.75, 3.05) is 7.05 Å². The van der Waals surface area contributed by atoms with Crippen molar-refractivity contribution in [1.82, 2.24) is 10.6 Å². The Kier molecular flexibility index (Phi) is 9.15. The first kappa shape index (κ1) is 19.3. The summed E-state index contributed by atoms with van der Waals surface area (Å²) in [5.41, 5.74) is 3.54. The van der Waals surface area contributed by atoms with Gasteiger partial charge < -0.3 is 10.6 Å². The third kappa shape index (κ3) is 7.38. The summed E-state index contributed by atoms with van der Waals surface area (Å²) in [6.45, 7) is 4.26.